The number of H-pyrrole nitrogens is 1. The molecule has 0 aliphatic rings. The van der Waals surface area contributed by atoms with Crippen molar-refractivity contribution in [3.8, 4) is 0 Å². The van der Waals surface area contributed by atoms with Crippen LogP contribution < -0.4 is 11.5 Å². The van der Waals surface area contributed by atoms with Gasteiger partial charge in [-0.05, 0) is 36.9 Å². The van der Waals surface area contributed by atoms with Gasteiger partial charge in [-0.25, -0.2) is 0 Å². The highest BCUT2D eigenvalue weighted by atomic mass is 16.4. The summed E-state index contributed by atoms with van der Waals surface area (Å²) in [5.74, 6) is -0.955. The van der Waals surface area contributed by atoms with Crippen molar-refractivity contribution < 1.29 is 9.90 Å². The quantitative estimate of drug-likeness (QED) is 0.655. The Balaban J connectivity index is 0.000000180. The van der Waals surface area contributed by atoms with Gasteiger partial charge in [-0.1, -0.05) is 18.2 Å². The maximum atomic E-state index is 10.0. The van der Waals surface area contributed by atoms with Crippen molar-refractivity contribution in [1.29, 1.82) is 0 Å². The van der Waals surface area contributed by atoms with E-state index in [2.05, 4.69) is 23.2 Å². The van der Waals surface area contributed by atoms with Crippen LogP contribution >= 0.6 is 0 Å². The number of fused-ring (bicyclic) bond motifs is 1. The molecule has 1 aromatic heterocycles. The second kappa shape index (κ2) is 7.47. The number of benzene rings is 1. The zero-order valence-electron chi connectivity index (χ0n) is 10.2. The normalized spacial score (nSPS) is 11.7. The summed E-state index contributed by atoms with van der Waals surface area (Å²) in [4.78, 5) is 13.2. The molecule has 0 saturated heterocycles. The summed E-state index contributed by atoms with van der Waals surface area (Å²) in [6.07, 6.45) is 3.09. The van der Waals surface area contributed by atoms with Crippen LogP contribution in [0.5, 0.6) is 0 Å². The molecule has 6 N–H and O–H groups in total. The van der Waals surface area contributed by atoms with Crippen LogP contribution in [-0.4, -0.2) is 28.6 Å². The number of hydrogen-bond donors (Lipinski definition) is 4. The summed E-state index contributed by atoms with van der Waals surface area (Å²) in [5, 5.41) is 9.52. The largest absolute Gasteiger partial charge is 0.480 e. The van der Waals surface area contributed by atoms with E-state index < -0.39 is 12.0 Å². The van der Waals surface area contributed by atoms with Gasteiger partial charge < -0.3 is 21.6 Å². The summed E-state index contributed by atoms with van der Waals surface area (Å²) >= 11 is 0. The zero-order chi connectivity index (χ0) is 13.4. The summed E-state index contributed by atoms with van der Waals surface area (Å²) in [7, 11) is 0. The van der Waals surface area contributed by atoms with Gasteiger partial charge in [0.1, 0.15) is 6.04 Å². The van der Waals surface area contributed by atoms with Gasteiger partial charge in [0.2, 0.25) is 0 Å². The number of carbonyl (C=O) groups is 1. The van der Waals surface area contributed by atoms with E-state index in [0.29, 0.717) is 19.4 Å². The number of hydrogen-bond acceptors (Lipinski definition) is 3. The van der Waals surface area contributed by atoms with Gasteiger partial charge >= 0.3 is 5.97 Å². The monoisotopic (exact) mass is 249 g/mol. The van der Waals surface area contributed by atoms with E-state index in [1.165, 1.54) is 10.9 Å². The van der Waals surface area contributed by atoms with Gasteiger partial charge in [0.05, 0.1) is 0 Å². The molecule has 0 fully saturated rings. The van der Waals surface area contributed by atoms with Gasteiger partial charge in [-0.2, -0.15) is 0 Å². The molecular formula is C13H19N3O2. The average molecular weight is 249 g/mol. The fourth-order valence-electron chi connectivity index (χ4n) is 1.46. The van der Waals surface area contributed by atoms with Crippen LogP contribution in [-0.2, 0) is 4.79 Å². The molecule has 0 radical (unpaired) electrons. The van der Waals surface area contributed by atoms with Crippen LogP contribution in [0, 0.1) is 0 Å². The molecule has 5 nitrogen and oxygen atoms in total. The van der Waals surface area contributed by atoms with Gasteiger partial charge in [0.15, 0.2) is 0 Å². The van der Waals surface area contributed by atoms with Crippen LogP contribution in [0.15, 0.2) is 36.5 Å². The molecule has 0 bridgehead atoms. The van der Waals surface area contributed by atoms with Crippen LogP contribution in [0.2, 0.25) is 0 Å². The molecule has 2 aromatic rings. The summed E-state index contributed by atoms with van der Waals surface area (Å²) in [5.41, 5.74) is 11.5. The van der Waals surface area contributed by atoms with Gasteiger partial charge in [0.25, 0.3) is 0 Å². The Hall–Kier alpha value is -1.85. The Morgan fingerprint density at radius 1 is 1.33 bits per heavy atom. The van der Waals surface area contributed by atoms with Crippen molar-refractivity contribution in [3.63, 3.8) is 0 Å². The molecule has 2 rings (SSSR count). The molecule has 5 heteroatoms. The number of aliphatic carboxylic acids is 1. The number of nitrogens with two attached hydrogens (primary N) is 2. The number of para-hydroxylation sites is 1. The summed E-state index contributed by atoms with van der Waals surface area (Å²) < 4.78 is 0. The predicted molar refractivity (Wildman–Crippen MR) is 72.2 cm³/mol. The first-order valence-corrected chi connectivity index (χ1v) is 5.85. The van der Waals surface area contributed by atoms with E-state index in [0.717, 1.165) is 0 Å². The number of aromatic nitrogens is 1. The van der Waals surface area contributed by atoms with Crippen LogP contribution in [0.4, 0.5) is 0 Å². The number of carboxylic acid groups (broad SMARTS) is 1. The third kappa shape index (κ3) is 4.57. The lowest BCUT2D eigenvalue weighted by Crippen LogP contribution is -2.30. The lowest BCUT2D eigenvalue weighted by atomic mass is 10.2. The van der Waals surface area contributed by atoms with Crippen LogP contribution in [0.25, 0.3) is 10.9 Å². The smallest absolute Gasteiger partial charge is 0.320 e. The molecule has 0 saturated carbocycles. The first kappa shape index (κ1) is 14.2. The molecular weight excluding hydrogens is 230 g/mol. The predicted octanol–water partition coefficient (Wildman–Crippen LogP) is 1.31. The van der Waals surface area contributed by atoms with E-state index in [-0.39, 0.29) is 0 Å². The molecule has 0 aliphatic heterocycles. The summed E-state index contributed by atoms with van der Waals surface area (Å²) in [6.45, 7) is 0.501. The molecule has 1 atom stereocenters. The molecule has 98 valence electrons. The van der Waals surface area contributed by atoms with Crippen molar-refractivity contribution in [2.24, 2.45) is 11.5 Å². The molecule has 0 amide bonds. The Bertz CT molecular complexity index is 452. The maximum absolute atomic E-state index is 10.0. The highest BCUT2D eigenvalue weighted by Gasteiger charge is 2.08. The van der Waals surface area contributed by atoms with E-state index in [9.17, 15) is 4.79 Å². The Labute approximate surface area is 106 Å². The highest BCUT2D eigenvalue weighted by Crippen LogP contribution is 2.09. The Morgan fingerprint density at radius 2 is 2.06 bits per heavy atom. The van der Waals surface area contributed by atoms with Crippen molar-refractivity contribution in [2.75, 3.05) is 6.54 Å². The third-order valence-electron chi connectivity index (χ3n) is 2.50. The molecule has 0 spiro atoms. The molecule has 0 aliphatic carbocycles. The number of carboxylic acids is 1. The topological polar surface area (TPSA) is 105 Å². The number of nitrogens with one attached hydrogen (secondary N) is 1. The van der Waals surface area contributed by atoms with Crippen LogP contribution in [0.3, 0.4) is 0 Å². The summed E-state index contributed by atoms with van der Waals surface area (Å²) in [6, 6.07) is 9.54. The fraction of sp³-hybridized carbons (Fsp3) is 0.308. The first-order valence-electron chi connectivity index (χ1n) is 5.85. The second-order valence-electron chi connectivity index (χ2n) is 3.94. The minimum absolute atomic E-state index is 0.464. The van der Waals surface area contributed by atoms with Gasteiger partial charge in [0, 0.05) is 11.7 Å². The molecule has 0 unspecified atom stereocenters. The molecule has 18 heavy (non-hydrogen) atoms. The Morgan fingerprint density at radius 3 is 2.67 bits per heavy atom. The van der Waals surface area contributed by atoms with Gasteiger partial charge in [-0.15, -0.1) is 0 Å². The SMILES string of the molecule is NCCC[C@H](N)C(=O)O.c1ccc2[nH]ccc2c1. The molecule has 1 heterocycles. The minimum atomic E-state index is -0.955. The van der Waals surface area contributed by atoms with E-state index >= 15 is 0 Å². The highest BCUT2D eigenvalue weighted by molar-refractivity contribution is 5.78. The number of rotatable bonds is 4. The first-order chi connectivity index (χ1) is 8.65. The van der Waals surface area contributed by atoms with E-state index in [1.807, 2.05) is 18.3 Å². The fourth-order valence-corrected chi connectivity index (χ4v) is 1.46. The van der Waals surface area contributed by atoms with E-state index in [4.69, 9.17) is 16.6 Å². The maximum Gasteiger partial charge on any atom is 0.320 e. The second-order valence-corrected chi connectivity index (χ2v) is 3.94. The lowest BCUT2D eigenvalue weighted by Gasteiger charge is -2.02. The zero-order valence-corrected chi connectivity index (χ0v) is 10.2. The molecule has 1 aromatic carbocycles. The standard InChI is InChI=1S/C8H7N.C5H12N2O2/c1-2-4-8-7(3-1)5-6-9-8;6-3-1-2-4(7)5(8)9/h1-6,9H;4H,1-3,6-7H2,(H,8,9)/t;4-/m.0/s1. The number of aromatic amines is 1. The van der Waals surface area contributed by atoms with Crippen molar-refractivity contribution in [3.05, 3.63) is 36.5 Å². The van der Waals surface area contributed by atoms with Crippen molar-refractivity contribution in [2.45, 2.75) is 18.9 Å². The van der Waals surface area contributed by atoms with Crippen molar-refractivity contribution >= 4 is 16.9 Å². The van der Waals surface area contributed by atoms with Gasteiger partial charge in [-0.3, -0.25) is 4.79 Å². The Kier molecular flexibility index (Phi) is 5.90. The van der Waals surface area contributed by atoms with E-state index in [1.54, 1.807) is 0 Å². The van der Waals surface area contributed by atoms with Crippen LogP contribution in [0.1, 0.15) is 12.8 Å². The van der Waals surface area contributed by atoms with Crippen molar-refractivity contribution in [1.82, 2.24) is 4.98 Å². The third-order valence-corrected chi connectivity index (χ3v) is 2.50. The lowest BCUT2D eigenvalue weighted by molar-refractivity contribution is -0.138. The average Bonchev–Trinajstić information content (AvgIpc) is 2.84. The minimum Gasteiger partial charge on any atom is -0.480 e.